The number of ether oxygens (including phenoxy) is 6. The highest BCUT2D eigenvalue weighted by molar-refractivity contribution is 5.37. The van der Waals surface area contributed by atoms with Crippen LogP contribution in [-0.4, -0.2) is 51.2 Å². The van der Waals surface area contributed by atoms with Crippen LogP contribution in [0.5, 0.6) is 0 Å². The Morgan fingerprint density at radius 3 is 1.77 bits per heavy atom. The highest BCUT2D eigenvalue weighted by atomic mass is 16.7. The fourth-order valence-corrected chi connectivity index (χ4v) is 4.66. The molecule has 208 valence electrons. The van der Waals surface area contributed by atoms with Gasteiger partial charge in [-0.15, -0.1) is 0 Å². The molecule has 7 nitrogen and oxygen atoms in total. The highest BCUT2D eigenvalue weighted by Crippen LogP contribution is 2.32. The molecule has 2 aliphatic rings. The van der Waals surface area contributed by atoms with Crippen molar-refractivity contribution < 1.29 is 28.4 Å². The predicted molar refractivity (Wildman–Crippen MR) is 150 cm³/mol. The van der Waals surface area contributed by atoms with Crippen LogP contribution in [-0.2, 0) is 41.6 Å². The lowest BCUT2D eigenvalue weighted by Gasteiger charge is -2.39. The molecule has 0 spiro atoms. The molecule has 0 aromatic heterocycles. The van der Waals surface area contributed by atoms with Gasteiger partial charge in [0.05, 0.1) is 13.2 Å². The van der Waals surface area contributed by atoms with E-state index in [1.54, 1.807) is 14.2 Å². The zero-order valence-corrected chi connectivity index (χ0v) is 23.2. The molecule has 0 bridgehead atoms. The van der Waals surface area contributed by atoms with Crippen LogP contribution < -0.4 is 5.32 Å². The van der Waals surface area contributed by atoms with E-state index in [1.807, 2.05) is 111 Å². The van der Waals surface area contributed by atoms with E-state index < -0.39 is 23.8 Å². The molecule has 0 aliphatic heterocycles. The fourth-order valence-electron chi connectivity index (χ4n) is 4.66. The number of hydrogen-bond donors (Lipinski definition) is 1. The van der Waals surface area contributed by atoms with Gasteiger partial charge in [-0.1, -0.05) is 60.7 Å². The van der Waals surface area contributed by atoms with Gasteiger partial charge < -0.3 is 33.7 Å². The molecule has 4 rings (SSSR count). The zero-order chi connectivity index (χ0) is 27.6. The van der Waals surface area contributed by atoms with Gasteiger partial charge in [0.25, 0.3) is 0 Å². The molecule has 4 atom stereocenters. The van der Waals surface area contributed by atoms with E-state index in [-0.39, 0.29) is 0 Å². The zero-order valence-electron chi connectivity index (χ0n) is 23.2. The van der Waals surface area contributed by atoms with E-state index >= 15 is 0 Å². The Morgan fingerprint density at radius 1 is 0.667 bits per heavy atom. The third-order valence-corrected chi connectivity index (χ3v) is 6.63. The first-order chi connectivity index (χ1) is 19.1. The third kappa shape index (κ3) is 7.13. The highest BCUT2D eigenvalue weighted by Gasteiger charge is 2.42. The summed E-state index contributed by atoms with van der Waals surface area (Å²) < 4.78 is 36.4. The molecule has 2 aromatic rings. The lowest BCUT2D eigenvalue weighted by Crippen LogP contribution is -2.48. The van der Waals surface area contributed by atoms with Gasteiger partial charge in [-0.3, -0.25) is 0 Å². The van der Waals surface area contributed by atoms with Crippen molar-refractivity contribution >= 4 is 0 Å². The van der Waals surface area contributed by atoms with Crippen LogP contribution in [0.4, 0.5) is 0 Å². The van der Waals surface area contributed by atoms with Crippen LogP contribution >= 0.6 is 0 Å². The van der Waals surface area contributed by atoms with Gasteiger partial charge in [-0.05, 0) is 61.4 Å². The van der Waals surface area contributed by atoms with E-state index in [1.165, 1.54) is 0 Å². The summed E-state index contributed by atoms with van der Waals surface area (Å²) in [5.74, 6) is -2.06. The molecule has 0 fully saturated rings. The lowest BCUT2D eigenvalue weighted by atomic mass is 9.99. The van der Waals surface area contributed by atoms with Crippen LogP contribution in [0.2, 0.25) is 0 Å². The Bertz CT molecular complexity index is 1160. The fraction of sp³-hybridized carbons (Fsp3) is 0.375. The number of benzene rings is 2. The quantitative estimate of drug-likeness (QED) is 0.326. The Kier molecular flexibility index (Phi) is 10.3. The molecule has 0 heterocycles. The van der Waals surface area contributed by atoms with Crippen LogP contribution in [0.3, 0.4) is 0 Å². The molecule has 1 N–H and O–H groups in total. The average Bonchev–Trinajstić information content (AvgIpc) is 2.98. The Balaban J connectivity index is 1.51. The Labute approximate surface area is 231 Å². The van der Waals surface area contributed by atoms with E-state index in [9.17, 15) is 0 Å². The summed E-state index contributed by atoms with van der Waals surface area (Å²) in [5.41, 5.74) is 3.82. The van der Waals surface area contributed by atoms with E-state index in [4.69, 9.17) is 28.4 Å². The molecule has 0 radical (unpaired) electrons. The first-order valence-corrected chi connectivity index (χ1v) is 13.3. The number of nitrogens with one attached hydrogen (secondary N) is 1. The molecule has 2 aliphatic carbocycles. The molecule has 7 heteroatoms. The van der Waals surface area contributed by atoms with Gasteiger partial charge in [0.2, 0.25) is 11.6 Å². The van der Waals surface area contributed by atoms with Crippen LogP contribution in [0.1, 0.15) is 25.0 Å². The van der Waals surface area contributed by atoms with E-state index in [0.717, 1.165) is 22.5 Å². The monoisotopic (exact) mass is 533 g/mol. The lowest BCUT2D eigenvalue weighted by molar-refractivity contribution is -0.252. The smallest absolute Gasteiger partial charge is 0.219 e. The van der Waals surface area contributed by atoms with Gasteiger partial charge in [0.15, 0.2) is 0 Å². The van der Waals surface area contributed by atoms with Crippen molar-refractivity contribution in [2.24, 2.45) is 0 Å². The normalized spacial score (nSPS) is 26.3. The first-order valence-electron chi connectivity index (χ1n) is 13.3. The van der Waals surface area contributed by atoms with Crippen LogP contribution in [0.25, 0.3) is 0 Å². The minimum atomic E-state index is -1.04. The molecule has 0 amide bonds. The molecule has 0 saturated heterocycles. The number of rotatable bonds is 14. The number of hydrogen-bond acceptors (Lipinski definition) is 7. The van der Waals surface area contributed by atoms with Gasteiger partial charge in [-0.2, -0.15) is 0 Å². The Morgan fingerprint density at radius 2 is 1.21 bits per heavy atom. The standard InChI is InChI=1S/C32H39NO6/c1-5-37-31(35-4)19-17-28(22-30(31)36-23-25-13-9-7-10-14-25)33-27-18-20-32(38-6-2,29(21-27)34-3)39-24-26-15-11-8-12-16-26/h7-22,29-30,33H,5-6,23-24H2,1-4H3. The minimum absolute atomic E-state index is 0.395. The molecular formula is C32H39NO6. The van der Waals surface area contributed by atoms with Crippen LogP contribution in [0, 0.1) is 0 Å². The summed E-state index contributed by atoms with van der Waals surface area (Å²) >= 11 is 0. The van der Waals surface area contributed by atoms with Crippen molar-refractivity contribution in [1.82, 2.24) is 5.32 Å². The number of allylic oxidation sites excluding steroid dienone is 2. The second-order valence-corrected chi connectivity index (χ2v) is 9.20. The second-order valence-electron chi connectivity index (χ2n) is 9.20. The Hall–Kier alpha value is -3.04. The first kappa shape index (κ1) is 29.0. The van der Waals surface area contributed by atoms with Gasteiger partial charge in [-0.25, -0.2) is 0 Å². The maximum atomic E-state index is 6.31. The average molecular weight is 534 g/mol. The van der Waals surface area contributed by atoms with E-state index in [2.05, 4.69) is 5.32 Å². The maximum Gasteiger partial charge on any atom is 0.219 e. The topological polar surface area (TPSA) is 67.4 Å². The van der Waals surface area contributed by atoms with E-state index in [0.29, 0.717) is 26.4 Å². The van der Waals surface area contributed by atoms with Crippen molar-refractivity contribution in [1.29, 1.82) is 0 Å². The second kappa shape index (κ2) is 13.8. The van der Waals surface area contributed by atoms with Crippen molar-refractivity contribution in [3.8, 4) is 0 Å². The summed E-state index contributed by atoms with van der Waals surface area (Å²) in [4.78, 5) is 0. The summed E-state index contributed by atoms with van der Waals surface area (Å²) in [6.45, 7) is 5.65. The largest absolute Gasteiger partial charge is 0.371 e. The van der Waals surface area contributed by atoms with Gasteiger partial charge in [0.1, 0.15) is 12.2 Å². The van der Waals surface area contributed by atoms with Crippen molar-refractivity contribution in [3.63, 3.8) is 0 Å². The van der Waals surface area contributed by atoms with Crippen molar-refractivity contribution in [2.75, 3.05) is 27.4 Å². The summed E-state index contributed by atoms with van der Waals surface area (Å²) in [6, 6.07) is 20.1. The molecule has 4 unspecified atom stereocenters. The summed E-state index contributed by atoms with van der Waals surface area (Å²) in [6.07, 6.45) is 10.7. The van der Waals surface area contributed by atoms with Crippen LogP contribution in [0.15, 0.2) is 109 Å². The van der Waals surface area contributed by atoms with Gasteiger partial charge in [0, 0.05) is 38.8 Å². The minimum Gasteiger partial charge on any atom is -0.371 e. The van der Waals surface area contributed by atoms with Gasteiger partial charge >= 0.3 is 0 Å². The number of methoxy groups -OCH3 is 2. The summed E-state index contributed by atoms with van der Waals surface area (Å²) in [7, 11) is 3.28. The third-order valence-electron chi connectivity index (χ3n) is 6.63. The molecule has 2 aromatic carbocycles. The SMILES string of the molecule is CCOC1(OC)C=CC(NC2=CC(OC)C(OCC)(OCc3ccccc3)C=C2)=CC1OCc1ccccc1. The predicted octanol–water partition coefficient (Wildman–Crippen LogP) is 5.41. The molecule has 39 heavy (non-hydrogen) atoms. The maximum absolute atomic E-state index is 6.31. The molecule has 0 saturated carbocycles. The molecular weight excluding hydrogens is 494 g/mol. The van der Waals surface area contributed by atoms with Crippen molar-refractivity contribution in [2.45, 2.75) is 50.8 Å². The summed E-state index contributed by atoms with van der Waals surface area (Å²) in [5, 5.41) is 3.47. The van der Waals surface area contributed by atoms with Crippen molar-refractivity contribution in [3.05, 3.63) is 120 Å².